The number of thioether (sulfide) groups is 1. The molecule has 2 aromatic carbocycles. The Morgan fingerprint density at radius 2 is 2.05 bits per heavy atom. The van der Waals surface area contributed by atoms with Crippen LogP contribution in [0.2, 0.25) is 5.02 Å². The van der Waals surface area contributed by atoms with Gasteiger partial charge in [0.2, 0.25) is 0 Å². The lowest BCUT2D eigenvalue weighted by molar-refractivity contribution is -0.153. The first-order valence-corrected chi connectivity index (χ1v) is 13.8. The van der Waals surface area contributed by atoms with E-state index in [9.17, 15) is 14.3 Å². The van der Waals surface area contributed by atoms with Crippen molar-refractivity contribution in [3.8, 4) is 5.75 Å². The molecule has 9 heteroatoms. The van der Waals surface area contributed by atoms with Crippen LogP contribution < -0.4 is 4.74 Å². The van der Waals surface area contributed by atoms with Crippen LogP contribution in [0.1, 0.15) is 43.8 Å². The van der Waals surface area contributed by atoms with Gasteiger partial charge in [-0.15, -0.1) is 11.8 Å². The minimum absolute atomic E-state index is 0.0621. The minimum Gasteiger partial charge on any atom is -0.497 e. The maximum absolute atomic E-state index is 15.6. The summed E-state index contributed by atoms with van der Waals surface area (Å²) >= 11 is 7.97. The molecule has 0 amide bonds. The lowest BCUT2D eigenvalue weighted by atomic mass is 9.74. The monoisotopic (exact) mass is 548 g/mol. The van der Waals surface area contributed by atoms with Crippen molar-refractivity contribution in [2.24, 2.45) is 5.41 Å². The summed E-state index contributed by atoms with van der Waals surface area (Å²) in [6.45, 7) is 2.16. The van der Waals surface area contributed by atoms with Gasteiger partial charge in [-0.1, -0.05) is 17.7 Å². The van der Waals surface area contributed by atoms with Crippen LogP contribution in [0.15, 0.2) is 53.6 Å². The van der Waals surface area contributed by atoms with Crippen molar-refractivity contribution in [3.05, 3.63) is 65.1 Å². The number of alkyl halides is 1. The lowest BCUT2D eigenvalue weighted by Crippen LogP contribution is -2.44. The predicted octanol–water partition coefficient (Wildman–Crippen LogP) is 7.18. The third-order valence-corrected chi connectivity index (χ3v) is 8.59. The second kappa shape index (κ2) is 12.4. The molecule has 4 rings (SSSR count). The van der Waals surface area contributed by atoms with E-state index in [1.54, 1.807) is 36.0 Å². The molecule has 1 atom stereocenters. The van der Waals surface area contributed by atoms with Crippen LogP contribution in [0.25, 0.3) is 10.9 Å². The number of carbonyl (C=O) groups is 1. The van der Waals surface area contributed by atoms with Crippen LogP contribution in [-0.2, 0) is 4.79 Å². The number of carboxylic acids is 1. The molecule has 0 aliphatic carbocycles. The van der Waals surface area contributed by atoms with Gasteiger partial charge in [0.15, 0.2) is 0 Å². The van der Waals surface area contributed by atoms with Gasteiger partial charge in [-0.25, -0.2) is 8.78 Å². The van der Waals surface area contributed by atoms with E-state index in [0.717, 1.165) is 23.6 Å². The molecule has 0 radical (unpaired) electrons. The Bertz CT molecular complexity index is 1240. The minimum atomic E-state index is -1.42. The lowest BCUT2D eigenvalue weighted by Gasteiger charge is -2.39. The first-order chi connectivity index (χ1) is 17.8. The number of ether oxygens (including phenoxy) is 1. The molecule has 198 valence electrons. The summed E-state index contributed by atoms with van der Waals surface area (Å²) < 4.78 is 34.2. The normalized spacial score (nSPS) is 16.5. The zero-order valence-corrected chi connectivity index (χ0v) is 22.3. The number of piperidine rings is 1. The fourth-order valence-corrected chi connectivity index (χ4v) is 6.12. The first kappa shape index (κ1) is 27.6. The standard InChI is InChI=1S/C28H31ClF2N2O3S/c1-36-20-6-7-25-22(17-20)26(23(29)18-32-25)24(31)8-9-28(27(34)35)10-13-33(14-11-28)12-3-15-37-21-5-2-4-19(30)16-21/h2,4-7,16-18,24H,3,8-15H2,1H3,(H,34,35)/t24-/m1/s1. The van der Waals surface area contributed by atoms with Gasteiger partial charge in [-0.05, 0) is 93.9 Å². The van der Waals surface area contributed by atoms with E-state index in [-0.39, 0.29) is 23.7 Å². The zero-order chi connectivity index (χ0) is 26.4. The molecule has 0 unspecified atom stereocenters. The summed E-state index contributed by atoms with van der Waals surface area (Å²) in [6, 6.07) is 11.8. The number of nitrogens with zero attached hydrogens (tertiary/aromatic N) is 2. The fourth-order valence-electron chi connectivity index (χ4n) is 4.97. The quantitative estimate of drug-likeness (QED) is 0.202. The molecular weight excluding hydrogens is 518 g/mol. The number of aliphatic carboxylic acids is 1. The van der Waals surface area contributed by atoms with Gasteiger partial charge in [0.05, 0.1) is 23.1 Å². The predicted molar refractivity (Wildman–Crippen MR) is 144 cm³/mol. The number of aromatic nitrogens is 1. The maximum Gasteiger partial charge on any atom is 0.309 e. The third-order valence-electron chi connectivity index (χ3n) is 7.21. The Labute approximate surface area is 225 Å². The summed E-state index contributed by atoms with van der Waals surface area (Å²) in [4.78, 5) is 19.8. The van der Waals surface area contributed by atoms with Crippen molar-refractivity contribution in [1.29, 1.82) is 0 Å². The molecule has 1 fully saturated rings. The number of hydrogen-bond acceptors (Lipinski definition) is 5. The smallest absolute Gasteiger partial charge is 0.309 e. The van der Waals surface area contributed by atoms with Crippen LogP contribution in [0.5, 0.6) is 5.75 Å². The first-order valence-electron chi connectivity index (χ1n) is 12.4. The van der Waals surface area contributed by atoms with Crippen molar-refractivity contribution in [1.82, 2.24) is 9.88 Å². The Morgan fingerprint density at radius 1 is 1.27 bits per heavy atom. The van der Waals surface area contributed by atoms with E-state index in [1.165, 1.54) is 25.4 Å². The highest BCUT2D eigenvalue weighted by molar-refractivity contribution is 7.99. The molecule has 1 aliphatic rings. The van der Waals surface area contributed by atoms with Crippen molar-refractivity contribution in [3.63, 3.8) is 0 Å². The molecular formula is C28H31ClF2N2O3S. The van der Waals surface area contributed by atoms with Crippen LogP contribution in [0, 0.1) is 11.2 Å². The number of hydrogen-bond donors (Lipinski definition) is 1. The molecule has 0 bridgehead atoms. The number of fused-ring (bicyclic) bond motifs is 1. The Balaban J connectivity index is 1.33. The second-order valence-electron chi connectivity index (χ2n) is 9.50. The number of likely N-dealkylation sites (tertiary alicyclic amines) is 1. The fraction of sp³-hybridized carbons (Fsp3) is 0.429. The van der Waals surface area contributed by atoms with Gasteiger partial charge in [0, 0.05) is 22.0 Å². The van der Waals surface area contributed by atoms with E-state index in [2.05, 4.69) is 9.88 Å². The average molecular weight is 549 g/mol. The molecule has 2 heterocycles. The summed E-state index contributed by atoms with van der Waals surface area (Å²) in [7, 11) is 1.54. The molecule has 1 aromatic heterocycles. The summed E-state index contributed by atoms with van der Waals surface area (Å²) in [5.41, 5.74) is -0.0107. The van der Waals surface area contributed by atoms with Crippen LogP contribution >= 0.6 is 23.4 Å². The molecule has 0 spiro atoms. The number of carboxylic acid groups (broad SMARTS) is 1. The maximum atomic E-state index is 15.6. The molecule has 37 heavy (non-hydrogen) atoms. The third kappa shape index (κ3) is 6.72. The summed E-state index contributed by atoms with van der Waals surface area (Å²) in [6.07, 6.45) is 2.19. The Morgan fingerprint density at radius 3 is 2.76 bits per heavy atom. The topological polar surface area (TPSA) is 62.7 Å². The van der Waals surface area contributed by atoms with Gasteiger partial charge >= 0.3 is 5.97 Å². The molecule has 0 saturated carbocycles. The van der Waals surface area contributed by atoms with Gasteiger partial charge in [-0.3, -0.25) is 9.78 Å². The van der Waals surface area contributed by atoms with E-state index >= 15 is 4.39 Å². The van der Waals surface area contributed by atoms with E-state index < -0.39 is 17.6 Å². The molecule has 5 nitrogen and oxygen atoms in total. The number of pyridine rings is 1. The number of halogens is 3. The highest BCUT2D eigenvalue weighted by Gasteiger charge is 2.41. The molecule has 3 aromatic rings. The molecule has 1 saturated heterocycles. The summed E-state index contributed by atoms with van der Waals surface area (Å²) in [5, 5.41) is 10.9. The second-order valence-corrected chi connectivity index (χ2v) is 11.1. The van der Waals surface area contributed by atoms with Gasteiger partial charge in [0.25, 0.3) is 0 Å². The number of methoxy groups -OCH3 is 1. The van der Waals surface area contributed by atoms with Crippen molar-refractivity contribution >= 4 is 40.2 Å². The molecule has 1 N–H and O–H groups in total. The Hall–Kier alpha value is -2.42. The largest absolute Gasteiger partial charge is 0.497 e. The zero-order valence-electron chi connectivity index (χ0n) is 20.8. The van der Waals surface area contributed by atoms with Crippen molar-refractivity contribution in [2.45, 2.75) is 43.2 Å². The highest BCUT2D eigenvalue weighted by atomic mass is 35.5. The van der Waals surface area contributed by atoms with Crippen LogP contribution in [0.3, 0.4) is 0 Å². The van der Waals surface area contributed by atoms with Gasteiger partial charge in [0.1, 0.15) is 17.7 Å². The van der Waals surface area contributed by atoms with Crippen molar-refractivity contribution in [2.75, 3.05) is 32.5 Å². The van der Waals surface area contributed by atoms with E-state index in [4.69, 9.17) is 16.3 Å². The Kier molecular flexibility index (Phi) is 9.27. The number of benzene rings is 2. The van der Waals surface area contributed by atoms with Gasteiger partial charge in [-0.2, -0.15) is 0 Å². The SMILES string of the molecule is COc1ccc2ncc(Cl)c([C@H](F)CCC3(C(=O)O)CCN(CCCSc4cccc(F)c4)CC3)c2c1. The average Bonchev–Trinajstić information content (AvgIpc) is 2.90. The van der Waals surface area contributed by atoms with Crippen LogP contribution in [-0.4, -0.2) is 53.5 Å². The van der Waals surface area contributed by atoms with E-state index in [1.807, 2.05) is 6.07 Å². The number of rotatable bonds is 11. The van der Waals surface area contributed by atoms with Crippen LogP contribution in [0.4, 0.5) is 8.78 Å². The summed E-state index contributed by atoms with van der Waals surface area (Å²) in [5.74, 6) is 0.335. The molecule has 1 aliphatic heterocycles. The van der Waals surface area contributed by atoms with E-state index in [0.29, 0.717) is 48.1 Å². The highest BCUT2D eigenvalue weighted by Crippen LogP contribution is 2.42. The van der Waals surface area contributed by atoms with Gasteiger partial charge < -0.3 is 14.7 Å². The van der Waals surface area contributed by atoms with Crippen molar-refractivity contribution < 1.29 is 23.4 Å².